The highest BCUT2D eigenvalue weighted by molar-refractivity contribution is 5.68. The summed E-state index contributed by atoms with van der Waals surface area (Å²) in [5.41, 5.74) is 1.90. The second-order valence-corrected chi connectivity index (χ2v) is 6.61. The van der Waals surface area contributed by atoms with Crippen molar-refractivity contribution < 1.29 is 14.3 Å². The lowest BCUT2D eigenvalue weighted by Crippen LogP contribution is -2.29. The third-order valence-electron chi connectivity index (χ3n) is 4.40. The molecule has 1 amide bonds. The lowest BCUT2D eigenvalue weighted by Gasteiger charge is -2.19. The van der Waals surface area contributed by atoms with Gasteiger partial charge in [-0.05, 0) is 48.2 Å². The summed E-state index contributed by atoms with van der Waals surface area (Å²) in [5, 5.41) is 2.96. The number of carbonyl (C=O) groups is 1. The minimum Gasteiger partial charge on any atom is -0.457 e. The van der Waals surface area contributed by atoms with Gasteiger partial charge in [0.1, 0.15) is 18.1 Å². The first-order chi connectivity index (χ1) is 14.2. The van der Waals surface area contributed by atoms with Gasteiger partial charge in [-0.15, -0.1) is 6.58 Å². The quantitative estimate of drug-likeness (QED) is 0.431. The van der Waals surface area contributed by atoms with Crippen LogP contribution >= 0.6 is 0 Å². The normalized spacial score (nSPS) is 11.3. The molecular weight excluding hydrogens is 362 g/mol. The summed E-state index contributed by atoms with van der Waals surface area (Å²) >= 11 is 0. The van der Waals surface area contributed by atoms with Crippen LogP contribution in [0.25, 0.3) is 0 Å². The van der Waals surface area contributed by atoms with Gasteiger partial charge in [-0.1, -0.05) is 66.7 Å². The Balaban J connectivity index is 1.66. The van der Waals surface area contributed by atoms with Gasteiger partial charge >= 0.3 is 6.09 Å². The van der Waals surface area contributed by atoms with E-state index in [1.54, 1.807) is 0 Å². The first kappa shape index (κ1) is 20.2. The Labute approximate surface area is 171 Å². The molecule has 0 aliphatic carbocycles. The molecule has 29 heavy (non-hydrogen) atoms. The molecule has 1 N–H and O–H groups in total. The van der Waals surface area contributed by atoms with Crippen LogP contribution in [0.3, 0.4) is 0 Å². The molecule has 4 nitrogen and oxygen atoms in total. The molecule has 0 heterocycles. The van der Waals surface area contributed by atoms with E-state index in [9.17, 15) is 4.79 Å². The maximum Gasteiger partial charge on any atom is 0.407 e. The van der Waals surface area contributed by atoms with E-state index in [4.69, 9.17) is 9.47 Å². The Hall–Kier alpha value is -3.53. The summed E-state index contributed by atoms with van der Waals surface area (Å²) in [6, 6.07) is 26.8. The molecule has 0 bridgehead atoms. The molecule has 0 spiro atoms. The average molecular weight is 387 g/mol. The van der Waals surface area contributed by atoms with Crippen LogP contribution in [0.5, 0.6) is 11.5 Å². The molecule has 0 aromatic heterocycles. The van der Waals surface area contributed by atoms with Crippen molar-refractivity contribution in [1.29, 1.82) is 0 Å². The van der Waals surface area contributed by atoms with Crippen molar-refractivity contribution in [3.63, 3.8) is 0 Å². The number of rotatable bonds is 9. The lowest BCUT2D eigenvalue weighted by molar-refractivity contribution is 0.135. The van der Waals surface area contributed by atoms with E-state index in [0.717, 1.165) is 35.5 Å². The zero-order chi connectivity index (χ0) is 20.3. The highest BCUT2D eigenvalue weighted by Gasteiger charge is 2.16. The fourth-order valence-electron chi connectivity index (χ4n) is 2.93. The number of benzene rings is 3. The fraction of sp³-hybridized carbons (Fsp3) is 0.160. The van der Waals surface area contributed by atoms with E-state index in [1.165, 1.54) is 0 Å². The molecule has 148 valence electrons. The van der Waals surface area contributed by atoms with Crippen molar-refractivity contribution in [2.24, 2.45) is 0 Å². The Morgan fingerprint density at radius 2 is 1.62 bits per heavy atom. The maximum atomic E-state index is 12.3. The van der Waals surface area contributed by atoms with Gasteiger partial charge in [0.05, 0.1) is 6.04 Å². The summed E-state index contributed by atoms with van der Waals surface area (Å²) in [4.78, 5) is 12.3. The molecule has 0 saturated heterocycles. The first-order valence-corrected chi connectivity index (χ1v) is 9.65. The average Bonchev–Trinajstić information content (AvgIpc) is 2.77. The lowest BCUT2D eigenvalue weighted by atomic mass is 10.0. The van der Waals surface area contributed by atoms with E-state index in [2.05, 4.69) is 11.9 Å². The molecule has 0 aliphatic heterocycles. The Morgan fingerprint density at radius 1 is 0.931 bits per heavy atom. The van der Waals surface area contributed by atoms with Gasteiger partial charge in [0.25, 0.3) is 0 Å². The van der Waals surface area contributed by atoms with Gasteiger partial charge in [-0.3, -0.25) is 0 Å². The van der Waals surface area contributed by atoms with Crippen LogP contribution in [-0.4, -0.2) is 6.09 Å². The molecule has 0 radical (unpaired) electrons. The summed E-state index contributed by atoms with van der Waals surface area (Å²) in [6.07, 6.45) is 2.89. The molecule has 3 rings (SSSR count). The molecule has 0 saturated carbocycles. The van der Waals surface area contributed by atoms with E-state index in [-0.39, 0.29) is 12.6 Å². The van der Waals surface area contributed by atoms with Crippen molar-refractivity contribution in [1.82, 2.24) is 5.32 Å². The SMILES string of the molecule is C=CCC[C@H](NC(=O)OCc1ccccc1)c1cccc(Oc2ccccc2)c1. The summed E-state index contributed by atoms with van der Waals surface area (Å²) < 4.78 is 11.3. The van der Waals surface area contributed by atoms with Crippen molar-refractivity contribution in [2.45, 2.75) is 25.5 Å². The van der Waals surface area contributed by atoms with Crippen LogP contribution < -0.4 is 10.1 Å². The molecule has 3 aromatic carbocycles. The summed E-state index contributed by atoms with van der Waals surface area (Å²) in [7, 11) is 0. The van der Waals surface area contributed by atoms with Gasteiger partial charge < -0.3 is 14.8 Å². The van der Waals surface area contributed by atoms with Gasteiger partial charge in [0, 0.05) is 0 Å². The van der Waals surface area contributed by atoms with E-state index < -0.39 is 6.09 Å². The maximum absolute atomic E-state index is 12.3. The molecular formula is C25H25NO3. The van der Waals surface area contributed by atoms with Crippen molar-refractivity contribution in [3.05, 3.63) is 109 Å². The second kappa shape index (κ2) is 10.7. The van der Waals surface area contributed by atoms with Crippen molar-refractivity contribution in [3.8, 4) is 11.5 Å². The van der Waals surface area contributed by atoms with E-state index in [1.807, 2.05) is 91.0 Å². The minimum atomic E-state index is -0.447. The Bertz CT molecular complexity index is 910. The van der Waals surface area contributed by atoms with E-state index >= 15 is 0 Å². The van der Waals surface area contributed by atoms with Crippen LogP contribution in [0, 0.1) is 0 Å². The van der Waals surface area contributed by atoms with E-state index in [0.29, 0.717) is 0 Å². The number of alkyl carbamates (subject to hydrolysis) is 1. The number of nitrogens with one attached hydrogen (secondary N) is 1. The zero-order valence-corrected chi connectivity index (χ0v) is 16.3. The number of hydrogen-bond acceptors (Lipinski definition) is 3. The highest BCUT2D eigenvalue weighted by Crippen LogP contribution is 2.26. The predicted molar refractivity (Wildman–Crippen MR) is 115 cm³/mol. The standard InChI is InChI=1S/C25H25NO3/c1-2-3-17-24(26-25(27)28-19-20-11-6-4-7-12-20)21-13-10-16-23(18-21)29-22-14-8-5-9-15-22/h2,4-16,18,24H,1,3,17,19H2,(H,26,27)/t24-/m0/s1. The molecule has 0 aliphatic rings. The zero-order valence-electron chi connectivity index (χ0n) is 16.3. The number of hydrogen-bond donors (Lipinski definition) is 1. The van der Waals surface area contributed by atoms with Gasteiger partial charge in [0.2, 0.25) is 0 Å². The Kier molecular flexibility index (Phi) is 7.47. The third-order valence-corrected chi connectivity index (χ3v) is 4.40. The van der Waals surface area contributed by atoms with Crippen LogP contribution in [0.1, 0.15) is 30.0 Å². The monoisotopic (exact) mass is 387 g/mol. The molecule has 3 aromatic rings. The number of para-hydroxylation sites is 1. The molecule has 0 unspecified atom stereocenters. The highest BCUT2D eigenvalue weighted by atomic mass is 16.5. The Morgan fingerprint density at radius 3 is 2.34 bits per heavy atom. The topological polar surface area (TPSA) is 47.6 Å². The second-order valence-electron chi connectivity index (χ2n) is 6.61. The van der Waals surface area contributed by atoms with Crippen LogP contribution in [0.2, 0.25) is 0 Å². The van der Waals surface area contributed by atoms with Crippen LogP contribution in [0.15, 0.2) is 97.6 Å². The van der Waals surface area contributed by atoms with Crippen molar-refractivity contribution >= 4 is 6.09 Å². The van der Waals surface area contributed by atoms with Crippen LogP contribution in [-0.2, 0) is 11.3 Å². The molecule has 0 fully saturated rings. The number of amides is 1. The van der Waals surface area contributed by atoms with Gasteiger partial charge in [-0.2, -0.15) is 0 Å². The number of allylic oxidation sites excluding steroid dienone is 1. The third kappa shape index (κ3) is 6.54. The number of ether oxygens (including phenoxy) is 2. The summed E-state index contributed by atoms with van der Waals surface area (Å²) in [5.74, 6) is 1.49. The van der Waals surface area contributed by atoms with Gasteiger partial charge in [0.15, 0.2) is 0 Å². The number of carbonyl (C=O) groups excluding carboxylic acids is 1. The molecule has 1 atom stereocenters. The van der Waals surface area contributed by atoms with Crippen LogP contribution in [0.4, 0.5) is 4.79 Å². The van der Waals surface area contributed by atoms with Gasteiger partial charge in [-0.25, -0.2) is 4.79 Å². The predicted octanol–water partition coefficient (Wildman–Crippen LogP) is 6.41. The fourth-order valence-corrected chi connectivity index (χ4v) is 2.93. The first-order valence-electron chi connectivity index (χ1n) is 9.65. The smallest absolute Gasteiger partial charge is 0.407 e. The van der Waals surface area contributed by atoms with Crippen molar-refractivity contribution in [2.75, 3.05) is 0 Å². The minimum absolute atomic E-state index is 0.199. The summed E-state index contributed by atoms with van der Waals surface area (Å²) in [6.45, 7) is 4.02. The molecule has 4 heteroatoms. The largest absolute Gasteiger partial charge is 0.457 e.